The minimum Gasteiger partial charge on any atom is -0.206 e. The first kappa shape index (κ1) is 23.0. The summed E-state index contributed by atoms with van der Waals surface area (Å²) < 4.78 is 15.0. The van der Waals surface area contributed by atoms with Gasteiger partial charge in [-0.2, -0.15) is 0 Å². The van der Waals surface area contributed by atoms with Gasteiger partial charge in [-0.05, 0) is 85.1 Å². The largest absolute Gasteiger partial charge is 0.206 e. The molecule has 2 aromatic rings. The van der Waals surface area contributed by atoms with E-state index in [1.807, 2.05) is 6.07 Å². The molecule has 1 heteroatoms. The molecular formula is C31H39F. The van der Waals surface area contributed by atoms with Gasteiger partial charge >= 0.3 is 0 Å². The van der Waals surface area contributed by atoms with Gasteiger partial charge in [0.1, 0.15) is 5.82 Å². The van der Waals surface area contributed by atoms with Gasteiger partial charge < -0.3 is 0 Å². The molecule has 170 valence electrons. The van der Waals surface area contributed by atoms with E-state index in [-0.39, 0.29) is 5.82 Å². The highest BCUT2D eigenvalue weighted by atomic mass is 19.1. The Morgan fingerprint density at radius 3 is 2.19 bits per heavy atom. The molecule has 0 saturated heterocycles. The van der Waals surface area contributed by atoms with Gasteiger partial charge in [0.05, 0.1) is 0 Å². The number of rotatable bonds is 8. The van der Waals surface area contributed by atoms with Crippen LogP contribution in [0, 0.1) is 17.7 Å². The number of hydrogen-bond acceptors (Lipinski definition) is 0. The lowest BCUT2D eigenvalue weighted by Crippen LogP contribution is -2.17. The van der Waals surface area contributed by atoms with E-state index in [4.69, 9.17) is 0 Å². The van der Waals surface area contributed by atoms with Gasteiger partial charge in [0.25, 0.3) is 0 Å². The van der Waals surface area contributed by atoms with Crippen molar-refractivity contribution in [2.75, 3.05) is 0 Å². The fourth-order valence-corrected chi connectivity index (χ4v) is 5.61. The molecule has 4 rings (SSSR count). The van der Waals surface area contributed by atoms with E-state index in [0.29, 0.717) is 0 Å². The van der Waals surface area contributed by atoms with Gasteiger partial charge in [-0.3, -0.25) is 0 Å². The Morgan fingerprint density at radius 2 is 1.56 bits per heavy atom. The smallest absolute Gasteiger partial charge is 0.131 e. The van der Waals surface area contributed by atoms with Crippen LogP contribution in [0.4, 0.5) is 4.39 Å². The number of halogens is 1. The van der Waals surface area contributed by atoms with Crippen LogP contribution in [-0.4, -0.2) is 0 Å². The molecule has 0 nitrogen and oxygen atoms in total. The normalized spacial score (nSPS) is 21.2. The van der Waals surface area contributed by atoms with Crippen molar-refractivity contribution in [1.29, 1.82) is 0 Å². The molecule has 0 radical (unpaired) electrons. The molecule has 0 atom stereocenters. The summed E-state index contributed by atoms with van der Waals surface area (Å²) in [6.45, 7) is 4.44. The third-order valence-corrected chi connectivity index (χ3v) is 7.78. The highest BCUT2D eigenvalue weighted by Gasteiger charge is 2.24. The Morgan fingerprint density at radius 1 is 0.812 bits per heavy atom. The Hall–Kier alpha value is -2.15. The van der Waals surface area contributed by atoms with Gasteiger partial charge in [0.15, 0.2) is 0 Å². The summed E-state index contributed by atoms with van der Waals surface area (Å²) in [5, 5.41) is 0. The minimum atomic E-state index is -0.0993. The molecule has 0 unspecified atom stereocenters. The van der Waals surface area contributed by atoms with Gasteiger partial charge in [0.2, 0.25) is 0 Å². The van der Waals surface area contributed by atoms with Crippen molar-refractivity contribution >= 4 is 5.57 Å². The molecule has 0 heterocycles. The van der Waals surface area contributed by atoms with E-state index in [9.17, 15) is 0 Å². The van der Waals surface area contributed by atoms with Crippen LogP contribution >= 0.6 is 0 Å². The Kier molecular flexibility index (Phi) is 8.00. The maximum atomic E-state index is 15.0. The molecule has 0 spiro atoms. The molecule has 1 saturated carbocycles. The minimum absolute atomic E-state index is 0.0993. The van der Waals surface area contributed by atoms with E-state index in [0.717, 1.165) is 53.4 Å². The molecule has 1 fully saturated rings. The average Bonchev–Trinajstić information content (AvgIpc) is 2.85. The predicted octanol–water partition coefficient (Wildman–Crippen LogP) is 9.55. The second-order valence-electron chi connectivity index (χ2n) is 9.89. The maximum Gasteiger partial charge on any atom is 0.131 e. The van der Waals surface area contributed by atoms with E-state index in [2.05, 4.69) is 56.3 Å². The van der Waals surface area contributed by atoms with Gasteiger partial charge in [-0.25, -0.2) is 4.39 Å². The van der Waals surface area contributed by atoms with Crippen LogP contribution < -0.4 is 0 Å². The summed E-state index contributed by atoms with van der Waals surface area (Å²) >= 11 is 0. The lowest BCUT2D eigenvalue weighted by Gasteiger charge is -2.31. The van der Waals surface area contributed by atoms with Gasteiger partial charge in [0, 0.05) is 5.56 Å². The predicted molar refractivity (Wildman–Crippen MR) is 136 cm³/mol. The lowest BCUT2D eigenvalue weighted by atomic mass is 9.74. The van der Waals surface area contributed by atoms with Crippen molar-refractivity contribution in [2.45, 2.75) is 84.5 Å². The van der Waals surface area contributed by atoms with E-state index in [1.54, 1.807) is 11.6 Å². The fraction of sp³-hybridized carbons (Fsp3) is 0.484. The van der Waals surface area contributed by atoms with Crippen molar-refractivity contribution in [3.8, 4) is 11.1 Å². The first-order chi connectivity index (χ1) is 15.7. The summed E-state index contributed by atoms with van der Waals surface area (Å²) in [7, 11) is 0. The lowest BCUT2D eigenvalue weighted by molar-refractivity contribution is 0.278. The fourth-order valence-electron chi connectivity index (χ4n) is 5.61. The second-order valence-corrected chi connectivity index (χ2v) is 9.89. The van der Waals surface area contributed by atoms with Crippen LogP contribution in [0.3, 0.4) is 0 Å². The highest BCUT2D eigenvalue weighted by molar-refractivity contribution is 5.73. The van der Waals surface area contributed by atoms with Crippen LogP contribution in [0.15, 0.2) is 60.2 Å². The third kappa shape index (κ3) is 5.61. The van der Waals surface area contributed by atoms with Crippen molar-refractivity contribution in [2.24, 2.45) is 11.8 Å². The topological polar surface area (TPSA) is 0 Å². The standard InChI is InChI=1S/C31H39F/c1-3-5-6-7-24-10-14-25(15-11-24)26-16-18-28(19-17-26)30-21-20-29(22-31(30)32)27-12-8-23(4-2)9-13-27/h8-9,12-13,16,18,20-22,24-25H,3-7,10-11,14-15,17,19H2,1-2H3. The monoisotopic (exact) mass is 430 g/mol. The zero-order chi connectivity index (χ0) is 22.3. The maximum absolute atomic E-state index is 15.0. The van der Waals surface area contributed by atoms with Crippen molar-refractivity contribution in [3.05, 3.63) is 77.1 Å². The van der Waals surface area contributed by atoms with Crippen molar-refractivity contribution in [1.82, 2.24) is 0 Å². The van der Waals surface area contributed by atoms with Gasteiger partial charge in [-0.1, -0.05) is 93.7 Å². The summed E-state index contributed by atoms with van der Waals surface area (Å²) in [5.74, 6) is 1.62. The molecule has 32 heavy (non-hydrogen) atoms. The number of allylic oxidation sites excluding steroid dienone is 4. The Bertz CT molecular complexity index is 939. The van der Waals surface area contributed by atoms with E-state index < -0.39 is 0 Å². The van der Waals surface area contributed by atoms with E-state index in [1.165, 1.54) is 56.9 Å². The Labute approximate surface area is 194 Å². The molecule has 2 aliphatic carbocycles. The summed E-state index contributed by atoms with van der Waals surface area (Å²) in [5.41, 5.74) is 6.87. The summed E-state index contributed by atoms with van der Waals surface area (Å²) in [6.07, 6.45) is 18.7. The second kappa shape index (κ2) is 11.1. The van der Waals surface area contributed by atoms with Crippen LogP contribution in [-0.2, 0) is 6.42 Å². The molecule has 2 aliphatic rings. The van der Waals surface area contributed by atoms with Crippen LogP contribution in [0.25, 0.3) is 16.7 Å². The molecular weight excluding hydrogens is 391 g/mol. The van der Waals surface area contributed by atoms with Crippen LogP contribution in [0.1, 0.15) is 89.2 Å². The molecule has 2 aromatic carbocycles. The summed E-state index contributed by atoms with van der Waals surface area (Å²) in [6, 6.07) is 14.2. The molecule has 0 N–H and O–H groups in total. The summed E-state index contributed by atoms with van der Waals surface area (Å²) in [4.78, 5) is 0. The average molecular weight is 431 g/mol. The van der Waals surface area contributed by atoms with Gasteiger partial charge in [-0.15, -0.1) is 0 Å². The first-order valence-electron chi connectivity index (χ1n) is 13.0. The molecule has 0 aliphatic heterocycles. The Balaban J connectivity index is 1.39. The SMILES string of the molecule is CCCCCC1CCC(C2=CC=C(c3ccc(-c4ccc(CC)cc4)cc3F)CC2)CC1. The van der Waals surface area contributed by atoms with E-state index >= 15 is 4.39 Å². The zero-order valence-electron chi connectivity index (χ0n) is 20.0. The van der Waals surface area contributed by atoms with Crippen molar-refractivity contribution in [3.63, 3.8) is 0 Å². The number of hydrogen-bond donors (Lipinski definition) is 0. The number of aryl methyl sites for hydroxylation is 1. The molecule has 0 amide bonds. The zero-order valence-corrected chi connectivity index (χ0v) is 20.0. The quantitative estimate of drug-likeness (QED) is 0.366. The third-order valence-electron chi connectivity index (χ3n) is 7.78. The number of unbranched alkanes of at least 4 members (excludes halogenated alkanes) is 2. The molecule has 0 aromatic heterocycles. The van der Waals surface area contributed by atoms with Crippen LogP contribution in [0.2, 0.25) is 0 Å². The highest BCUT2D eigenvalue weighted by Crippen LogP contribution is 2.40. The number of benzene rings is 2. The first-order valence-corrected chi connectivity index (χ1v) is 13.0. The molecule has 0 bridgehead atoms. The van der Waals surface area contributed by atoms with Crippen molar-refractivity contribution < 1.29 is 4.39 Å². The van der Waals surface area contributed by atoms with Crippen LogP contribution in [0.5, 0.6) is 0 Å².